The van der Waals surface area contributed by atoms with Crippen molar-refractivity contribution in [2.75, 3.05) is 34.5 Å². The summed E-state index contributed by atoms with van der Waals surface area (Å²) in [6.45, 7) is 2.22. The Balaban J connectivity index is 1.80. The minimum Gasteiger partial charge on any atom is -0.261 e. The maximum Gasteiger partial charge on any atom is 0.0526 e. The summed E-state index contributed by atoms with van der Waals surface area (Å²) < 4.78 is 0. The molecule has 0 radical (unpaired) electrons. The van der Waals surface area contributed by atoms with Crippen LogP contribution in [0, 0.1) is 0 Å². The van der Waals surface area contributed by atoms with Crippen molar-refractivity contribution in [1.29, 1.82) is 0 Å². The first-order valence-corrected chi connectivity index (χ1v) is 11.4. The average Bonchev–Trinajstić information content (AvgIpc) is 2.62. The molecule has 0 aliphatic rings. The lowest BCUT2D eigenvalue weighted by Gasteiger charge is -2.15. The van der Waals surface area contributed by atoms with Crippen molar-refractivity contribution in [2.24, 2.45) is 0 Å². The SMILES string of the molecule is CCSCCSCCSCC(c1ccccn1)c1ccccn1. The topological polar surface area (TPSA) is 25.8 Å². The Labute approximate surface area is 152 Å². The van der Waals surface area contributed by atoms with Gasteiger partial charge in [-0.2, -0.15) is 35.3 Å². The molecule has 0 atom stereocenters. The van der Waals surface area contributed by atoms with Crippen LogP contribution in [0.3, 0.4) is 0 Å². The summed E-state index contributed by atoms with van der Waals surface area (Å²) in [7, 11) is 0. The summed E-state index contributed by atoms with van der Waals surface area (Å²) in [5.74, 6) is 7.51. The molecule has 0 aliphatic carbocycles. The highest BCUT2D eigenvalue weighted by atomic mass is 32.2. The van der Waals surface area contributed by atoms with Crippen LogP contribution in [0.15, 0.2) is 48.8 Å². The van der Waals surface area contributed by atoms with Crippen LogP contribution < -0.4 is 0 Å². The van der Waals surface area contributed by atoms with Crippen LogP contribution in [0.4, 0.5) is 0 Å². The third-order valence-corrected chi connectivity index (χ3v) is 6.79. The lowest BCUT2D eigenvalue weighted by Crippen LogP contribution is -2.08. The van der Waals surface area contributed by atoms with Crippen LogP contribution >= 0.6 is 35.3 Å². The Morgan fingerprint density at radius 1 is 0.783 bits per heavy atom. The summed E-state index contributed by atoms with van der Waals surface area (Å²) in [4.78, 5) is 9.09. The summed E-state index contributed by atoms with van der Waals surface area (Å²) >= 11 is 6.10. The van der Waals surface area contributed by atoms with Gasteiger partial charge in [0.1, 0.15) is 0 Å². The Kier molecular flexibility index (Phi) is 9.60. The molecule has 0 unspecified atom stereocenters. The van der Waals surface area contributed by atoms with Crippen molar-refractivity contribution >= 4 is 35.3 Å². The van der Waals surface area contributed by atoms with Gasteiger partial charge in [-0.3, -0.25) is 9.97 Å². The van der Waals surface area contributed by atoms with E-state index >= 15 is 0 Å². The second kappa shape index (κ2) is 11.8. The van der Waals surface area contributed by atoms with Gasteiger partial charge in [0.05, 0.1) is 17.3 Å². The van der Waals surface area contributed by atoms with Gasteiger partial charge >= 0.3 is 0 Å². The quantitative estimate of drug-likeness (QED) is 0.532. The lowest BCUT2D eigenvalue weighted by atomic mass is 10.0. The average molecular weight is 365 g/mol. The fourth-order valence-electron chi connectivity index (χ4n) is 2.17. The van der Waals surface area contributed by atoms with Gasteiger partial charge in [-0.25, -0.2) is 0 Å². The molecule has 2 aromatic heterocycles. The summed E-state index contributed by atoms with van der Waals surface area (Å²) in [5.41, 5.74) is 2.23. The second-order valence-electron chi connectivity index (χ2n) is 4.95. The normalized spacial score (nSPS) is 11.0. The predicted octanol–water partition coefficient (Wildman–Crippen LogP) is 4.83. The van der Waals surface area contributed by atoms with Crippen LogP contribution in [0.5, 0.6) is 0 Å². The molecule has 0 amide bonds. The third-order valence-electron chi connectivity index (χ3n) is 3.32. The minimum atomic E-state index is 0.281. The summed E-state index contributed by atoms with van der Waals surface area (Å²) in [5, 5.41) is 0. The highest BCUT2D eigenvalue weighted by Crippen LogP contribution is 2.25. The van der Waals surface area contributed by atoms with E-state index in [-0.39, 0.29) is 5.92 Å². The van der Waals surface area contributed by atoms with Crippen LogP contribution in [0.25, 0.3) is 0 Å². The zero-order valence-electron chi connectivity index (χ0n) is 13.6. The molecule has 23 heavy (non-hydrogen) atoms. The van der Waals surface area contributed by atoms with E-state index in [0.717, 1.165) is 17.1 Å². The van der Waals surface area contributed by atoms with Crippen LogP contribution in [-0.4, -0.2) is 44.5 Å². The Hall–Kier alpha value is -0.650. The molecular formula is C18H24N2S3. The first kappa shape index (κ1) is 18.7. The van der Waals surface area contributed by atoms with E-state index in [0.29, 0.717) is 0 Å². The predicted molar refractivity (Wildman–Crippen MR) is 108 cm³/mol. The van der Waals surface area contributed by atoms with Gasteiger partial charge in [0.15, 0.2) is 0 Å². The number of thioether (sulfide) groups is 3. The summed E-state index contributed by atoms with van der Waals surface area (Å²) in [6.07, 6.45) is 3.74. The molecule has 0 saturated carbocycles. The van der Waals surface area contributed by atoms with Gasteiger partial charge in [0.2, 0.25) is 0 Å². The van der Waals surface area contributed by atoms with Crippen LogP contribution in [-0.2, 0) is 0 Å². The molecule has 0 spiro atoms. The van der Waals surface area contributed by atoms with E-state index < -0.39 is 0 Å². The molecule has 124 valence electrons. The van der Waals surface area contributed by atoms with E-state index in [9.17, 15) is 0 Å². The smallest absolute Gasteiger partial charge is 0.0526 e. The van der Waals surface area contributed by atoms with Crippen molar-refractivity contribution in [3.8, 4) is 0 Å². The Bertz CT molecular complexity index is 483. The van der Waals surface area contributed by atoms with Crippen LogP contribution in [0.2, 0.25) is 0 Å². The molecule has 0 aromatic carbocycles. The molecule has 2 aromatic rings. The van der Waals surface area contributed by atoms with Gasteiger partial charge in [0.25, 0.3) is 0 Å². The van der Waals surface area contributed by atoms with E-state index in [1.807, 2.05) is 48.1 Å². The molecule has 0 aliphatic heterocycles. The zero-order valence-corrected chi connectivity index (χ0v) is 16.0. The zero-order chi connectivity index (χ0) is 16.2. The summed E-state index contributed by atoms with van der Waals surface area (Å²) in [6, 6.07) is 12.3. The van der Waals surface area contributed by atoms with Crippen LogP contribution in [0.1, 0.15) is 24.2 Å². The number of aromatic nitrogens is 2. The fourth-order valence-corrected chi connectivity index (χ4v) is 5.29. The van der Waals surface area contributed by atoms with E-state index in [4.69, 9.17) is 0 Å². The molecule has 0 fully saturated rings. The maximum atomic E-state index is 4.54. The first-order valence-electron chi connectivity index (χ1n) is 7.97. The van der Waals surface area contributed by atoms with Crippen molar-refractivity contribution < 1.29 is 0 Å². The van der Waals surface area contributed by atoms with E-state index in [2.05, 4.69) is 52.9 Å². The highest BCUT2D eigenvalue weighted by Gasteiger charge is 2.16. The first-order chi connectivity index (χ1) is 11.4. The number of hydrogen-bond donors (Lipinski definition) is 0. The molecule has 0 N–H and O–H groups in total. The van der Waals surface area contributed by atoms with Crippen molar-refractivity contribution in [3.63, 3.8) is 0 Å². The van der Waals surface area contributed by atoms with E-state index in [1.54, 1.807) is 0 Å². The molecule has 0 saturated heterocycles. The largest absolute Gasteiger partial charge is 0.261 e. The third kappa shape index (κ3) is 7.19. The lowest BCUT2D eigenvalue weighted by molar-refractivity contribution is 0.843. The molecular weight excluding hydrogens is 340 g/mol. The van der Waals surface area contributed by atoms with Gasteiger partial charge in [-0.15, -0.1) is 0 Å². The maximum absolute atomic E-state index is 4.54. The molecule has 2 nitrogen and oxygen atoms in total. The fraction of sp³-hybridized carbons (Fsp3) is 0.444. The van der Waals surface area contributed by atoms with Gasteiger partial charge in [-0.05, 0) is 30.0 Å². The minimum absolute atomic E-state index is 0.281. The van der Waals surface area contributed by atoms with E-state index in [1.165, 1.54) is 28.8 Å². The second-order valence-corrected chi connectivity index (χ2v) is 8.71. The monoisotopic (exact) mass is 364 g/mol. The Morgan fingerprint density at radius 2 is 1.35 bits per heavy atom. The standard InChI is InChI=1S/C18H24N2S3/c1-2-21-11-12-22-13-14-23-15-16(17-7-3-5-9-19-17)18-8-4-6-10-20-18/h3-10,16H,2,11-15H2,1H3. The van der Waals surface area contributed by atoms with Crippen molar-refractivity contribution in [1.82, 2.24) is 9.97 Å². The number of hydrogen-bond acceptors (Lipinski definition) is 5. The molecule has 0 bridgehead atoms. The number of nitrogens with zero attached hydrogens (tertiary/aromatic N) is 2. The molecule has 2 rings (SSSR count). The van der Waals surface area contributed by atoms with Gasteiger partial charge < -0.3 is 0 Å². The van der Waals surface area contributed by atoms with Crippen molar-refractivity contribution in [2.45, 2.75) is 12.8 Å². The molecule has 2 heterocycles. The van der Waals surface area contributed by atoms with Gasteiger partial charge in [-0.1, -0.05) is 19.1 Å². The van der Waals surface area contributed by atoms with Gasteiger partial charge in [0, 0.05) is 41.2 Å². The number of pyridine rings is 2. The number of rotatable bonds is 11. The molecule has 5 heteroatoms. The highest BCUT2D eigenvalue weighted by molar-refractivity contribution is 8.04. The Morgan fingerprint density at radius 3 is 1.87 bits per heavy atom. The van der Waals surface area contributed by atoms with Crippen molar-refractivity contribution in [3.05, 3.63) is 60.2 Å².